The summed E-state index contributed by atoms with van der Waals surface area (Å²) >= 11 is 0. The van der Waals surface area contributed by atoms with Crippen LogP contribution in [0.3, 0.4) is 0 Å². The van der Waals surface area contributed by atoms with Gasteiger partial charge in [-0.3, -0.25) is 4.68 Å². The van der Waals surface area contributed by atoms with Crippen molar-refractivity contribution in [3.05, 3.63) is 65.6 Å². The number of aryl methyl sites for hydroxylation is 1. The summed E-state index contributed by atoms with van der Waals surface area (Å²) in [5.74, 6) is 0.283. The highest BCUT2D eigenvalue weighted by Gasteiger charge is 2.38. The van der Waals surface area contributed by atoms with E-state index in [0.29, 0.717) is 30.0 Å². The van der Waals surface area contributed by atoms with Crippen molar-refractivity contribution in [2.75, 3.05) is 11.4 Å². The van der Waals surface area contributed by atoms with Crippen LogP contribution in [0.4, 0.5) is 19.2 Å². The Kier molecular flexibility index (Phi) is 4.09. The van der Waals surface area contributed by atoms with Crippen LogP contribution in [0.15, 0.2) is 47.4 Å². The van der Waals surface area contributed by atoms with Crippen molar-refractivity contribution in [3.8, 4) is 11.6 Å². The van der Waals surface area contributed by atoms with E-state index in [4.69, 9.17) is 4.42 Å². The molecule has 0 aliphatic carbocycles. The number of nitrogens with one attached hydrogen (secondary N) is 1. The number of halogens is 3. The molecule has 1 aliphatic rings. The van der Waals surface area contributed by atoms with Gasteiger partial charge < -0.3 is 14.3 Å². The molecule has 6 rings (SSSR count). The normalized spacial score (nSPS) is 16.5. The highest BCUT2D eigenvalue weighted by molar-refractivity contribution is 5.59. The average Bonchev–Trinajstić information content (AvgIpc) is 3.56. The first-order valence-corrected chi connectivity index (χ1v) is 10.1. The van der Waals surface area contributed by atoms with E-state index in [-0.39, 0.29) is 17.4 Å². The Bertz CT molecular complexity index is 1460. The fourth-order valence-electron chi connectivity index (χ4n) is 4.21. The summed E-state index contributed by atoms with van der Waals surface area (Å²) < 4.78 is 49.5. The Morgan fingerprint density at radius 1 is 1.21 bits per heavy atom. The largest absolute Gasteiger partial charge is 0.418 e. The molecule has 1 atom stereocenters. The third kappa shape index (κ3) is 3.07. The molecule has 0 spiro atoms. The molecule has 10 nitrogen and oxygen atoms in total. The maximum atomic E-state index is 13.6. The van der Waals surface area contributed by atoms with E-state index in [1.807, 2.05) is 4.90 Å². The van der Waals surface area contributed by atoms with E-state index >= 15 is 0 Å². The maximum Gasteiger partial charge on any atom is 0.418 e. The van der Waals surface area contributed by atoms with Crippen LogP contribution in [0.5, 0.6) is 0 Å². The molecule has 0 aromatic carbocycles. The van der Waals surface area contributed by atoms with Crippen molar-refractivity contribution in [1.29, 1.82) is 0 Å². The lowest BCUT2D eigenvalue weighted by molar-refractivity contribution is -0.136. The quantitative estimate of drug-likeness (QED) is 0.446. The highest BCUT2D eigenvalue weighted by Crippen LogP contribution is 2.39. The molecule has 0 saturated heterocycles. The van der Waals surface area contributed by atoms with Crippen LogP contribution < -0.4 is 4.90 Å². The number of anilines is 1. The third-order valence-corrected chi connectivity index (χ3v) is 5.73. The first kappa shape index (κ1) is 19.5. The van der Waals surface area contributed by atoms with Gasteiger partial charge in [0, 0.05) is 38.1 Å². The number of aromatic nitrogens is 8. The van der Waals surface area contributed by atoms with Gasteiger partial charge in [0.1, 0.15) is 11.7 Å². The zero-order chi connectivity index (χ0) is 22.7. The minimum absolute atomic E-state index is 0.0382. The summed E-state index contributed by atoms with van der Waals surface area (Å²) in [6, 6.07) is 5.15. The number of imidazole rings is 1. The van der Waals surface area contributed by atoms with Crippen LogP contribution in [0.2, 0.25) is 0 Å². The molecule has 0 saturated carbocycles. The van der Waals surface area contributed by atoms with Crippen molar-refractivity contribution >= 4 is 11.5 Å². The molecule has 5 aromatic heterocycles. The molecule has 0 unspecified atom stereocenters. The number of nitrogens with zero attached hydrogens (tertiary/aromatic N) is 8. The Balaban J connectivity index is 1.47. The molecule has 13 heteroatoms. The first-order valence-electron chi connectivity index (χ1n) is 10.1. The number of hydrogen-bond acceptors (Lipinski definition) is 7. The number of rotatable bonds is 3. The number of aromatic amines is 1. The van der Waals surface area contributed by atoms with Crippen LogP contribution in [0, 0.1) is 0 Å². The second-order valence-corrected chi connectivity index (χ2v) is 7.66. The SMILES string of the molecule is Cn1nccc1-c1nnc(N2CCc3[nH]cnc3[C@@H]2c2cc3c(C(F)(F)F)cccn3n2)o1. The first-order chi connectivity index (χ1) is 15.9. The minimum atomic E-state index is -4.51. The summed E-state index contributed by atoms with van der Waals surface area (Å²) in [6.07, 6.45) is 0.783. The summed E-state index contributed by atoms with van der Waals surface area (Å²) in [4.78, 5) is 9.34. The zero-order valence-corrected chi connectivity index (χ0v) is 17.2. The van der Waals surface area contributed by atoms with Crippen LogP contribution in [-0.4, -0.2) is 46.1 Å². The van der Waals surface area contributed by atoms with E-state index in [1.165, 1.54) is 22.8 Å². The van der Waals surface area contributed by atoms with Gasteiger partial charge in [0.05, 0.1) is 28.8 Å². The van der Waals surface area contributed by atoms with Gasteiger partial charge in [-0.15, -0.1) is 5.10 Å². The van der Waals surface area contributed by atoms with Crippen molar-refractivity contribution in [3.63, 3.8) is 0 Å². The Morgan fingerprint density at radius 2 is 2.09 bits per heavy atom. The number of fused-ring (bicyclic) bond motifs is 2. The fourth-order valence-corrected chi connectivity index (χ4v) is 4.21. The molecule has 33 heavy (non-hydrogen) atoms. The molecular formula is C20H16F3N9O. The molecule has 1 aliphatic heterocycles. The van der Waals surface area contributed by atoms with Crippen molar-refractivity contribution < 1.29 is 17.6 Å². The summed E-state index contributed by atoms with van der Waals surface area (Å²) in [5, 5.41) is 16.9. The lowest BCUT2D eigenvalue weighted by Crippen LogP contribution is -2.36. The zero-order valence-electron chi connectivity index (χ0n) is 17.2. The summed E-state index contributed by atoms with van der Waals surface area (Å²) in [5.41, 5.74) is 1.77. The van der Waals surface area contributed by atoms with E-state index in [2.05, 4.69) is 30.4 Å². The van der Waals surface area contributed by atoms with Crippen LogP contribution in [0.1, 0.15) is 28.7 Å². The maximum absolute atomic E-state index is 13.6. The van der Waals surface area contributed by atoms with Crippen LogP contribution in [0.25, 0.3) is 17.1 Å². The molecule has 0 bridgehead atoms. The molecule has 6 heterocycles. The molecule has 1 N–H and O–H groups in total. The Labute approximate surface area is 183 Å². The number of H-pyrrole nitrogens is 1. The molecular weight excluding hydrogens is 439 g/mol. The average molecular weight is 455 g/mol. The smallest absolute Gasteiger partial charge is 0.402 e. The van der Waals surface area contributed by atoms with Gasteiger partial charge in [0.2, 0.25) is 0 Å². The van der Waals surface area contributed by atoms with Gasteiger partial charge in [-0.25, -0.2) is 9.50 Å². The van der Waals surface area contributed by atoms with Crippen LogP contribution >= 0.6 is 0 Å². The Hall–Kier alpha value is -4.16. The van der Waals surface area contributed by atoms with E-state index in [0.717, 1.165) is 11.8 Å². The third-order valence-electron chi connectivity index (χ3n) is 5.73. The van der Waals surface area contributed by atoms with Gasteiger partial charge in [-0.1, -0.05) is 5.10 Å². The molecule has 0 amide bonds. The fraction of sp³-hybridized carbons (Fsp3) is 0.250. The van der Waals surface area contributed by atoms with E-state index in [1.54, 1.807) is 30.3 Å². The highest BCUT2D eigenvalue weighted by atomic mass is 19.4. The Morgan fingerprint density at radius 3 is 2.88 bits per heavy atom. The molecule has 5 aromatic rings. The minimum Gasteiger partial charge on any atom is -0.402 e. The molecule has 168 valence electrons. The second kappa shape index (κ2) is 6.92. The molecule has 0 fully saturated rings. The summed E-state index contributed by atoms with van der Waals surface area (Å²) in [6.45, 7) is 0.479. The number of alkyl halides is 3. The lowest BCUT2D eigenvalue weighted by Gasteiger charge is -2.32. The van der Waals surface area contributed by atoms with Gasteiger partial charge in [0.25, 0.3) is 5.89 Å². The van der Waals surface area contributed by atoms with Crippen molar-refractivity contribution in [2.45, 2.75) is 18.6 Å². The predicted octanol–water partition coefficient (Wildman–Crippen LogP) is 3.01. The number of pyridine rings is 1. The predicted molar refractivity (Wildman–Crippen MR) is 108 cm³/mol. The van der Waals surface area contributed by atoms with E-state index in [9.17, 15) is 13.2 Å². The van der Waals surface area contributed by atoms with Crippen molar-refractivity contribution in [1.82, 2.24) is 39.6 Å². The van der Waals surface area contributed by atoms with Gasteiger partial charge >= 0.3 is 12.2 Å². The molecule has 0 radical (unpaired) electrons. The number of hydrogen-bond donors (Lipinski definition) is 1. The van der Waals surface area contributed by atoms with Crippen LogP contribution in [-0.2, 0) is 19.6 Å². The monoisotopic (exact) mass is 455 g/mol. The van der Waals surface area contributed by atoms with E-state index < -0.39 is 17.8 Å². The topological polar surface area (TPSA) is 106 Å². The van der Waals surface area contributed by atoms with Crippen molar-refractivity contribution in [2.24, 2.45) is 7.05 Å². The second-order valence-electron chi connectivity index (χ2n) is 7.66. The van der Waals surface area contributed by atoms with Gasteiger partial charge in [-0.2, -0.15) is 23.4 Å². The standard InChI is InChI=1S/C20H16F3N9O/c1-30-14(4-6-26-30)18-27-28-19(33-18)31-8-5-12-16(25-10-24-12)17(31)13-9-15-11(20(21,22)23)3-2-7-32(15)29-13/h2-4,6-7,9-10,17H,5,8H2,1H3,(H,24,25)/t17-/m0/s1. The van der Waals surface area contributed by atoms with Gasteiger partial charge in [0.15, 0.2) is 0 Å². The van der Waals surface area contributed by atoms with Gasteiger partial charge in [-0.05, 0) is 24.3 Å². The lowest BCUT2D eigenvalue weighted by atomic mass is 10.00. The summed E-state index contributed by atoms with van der Waals surface area (Å²) in [7, 11) is 1.76.